The normalized spacial score (nSPS) is 49.1. The van der Waals surface area contributed by atoms with Crippen molar-refractivity contribution in [3.63, 3.8) is 0 Å². The maximum atomic E-state index is 12.0. The lowest BCUT2D eigenvalue weighted by Crippen LogP contribution is -2.66. The molecule has 49 heavy (non-hydrogen) atoms. The van der Waals surface area contributed by atoms with Crippen molar-refractivity contribution < 1.29 is 94.2 Å². The van der Waals surface area contributed by atoms with Gasteiger partial charge in [-0.3, -0.25) is 9.59 Å². The van der Waals surface area contributed by atoms with Gasteiger partial charge in [-0.1, -0.05) is 0 Å². The molecule has 0 aromatic rings. The molecule has 19 atom stereocenters. The predicted octanol–water partition coefficient (Wildman–Crippen LogP) is -5.17. The molecule has 0 amide bonds. The SMILES string of the molecule is O=C(O)CC(=O)OC[C@H]1O[C@@H](OC2CC3C(O)CC(O)CC3OC2C2CCC(O)C(O)C2)[C@H](O)[C@@H](O[C@@H]2O[C@H](CO)[C@@H](O)[C@H](O)[C@H]2O)[C@@H]1O. The monoisotopic (exact) mass is 712 g/mol. The van der Waals surface area contributed by atoms with E-state index in [2.05, 4.69) is 0 Å². The number of carboxylic acid groups (broad SMARTS) is 1. The van der Waals surface area contributed by atoms with E-state index in [-0.39, 0.29) is 38.0 Å². The molecule has 11 N–H and O–H groups in total. The number of esters is 1. The Hall–Kier alpha value is -1.66. The summed E-state index contributed by atoms with van der Waals surface area (Å²) < 4.78 is 34.6. The Morgan fingerprint density at radius 1 is 0.673 bits per heavy atom. The van der Waals surface area contributed by atoms with Crippen molar-refractivity contribution in [3.05, 3.63) is 0 Å². The summed E-state index contributed by atoms with van der Waals surface area (Å²) in [5.41, 5.74) is 0. The van der Waals surface area contributed by atoms with E-state index in [1.165, 1.54) is 0 Å². The number of rotatable bonds is 10. The highest BCUT2D eigenvalue weighted by molar-refractivity contribution is 5.90. The highest BCUT2D eigenvalue weighted by Gasteiger charge is 2.54. The third-order valence-electron chi connectivity index (χ3n) is 10.3. The van der Waals surface area contributed by atoms with Crippen molar-refractivity contribution in [2.45, 2.75) is 149 Å². The molecule has 5 rings (SSSR count). The molecule has 0 aromatic carbocycles. The zero-order chi connectivity index (χ0) is 35.7. The van der Waals surface area contributed by atoms with Gasteiger partial charge in [-0.25, -0.2) is 0 Å². The number of fused-ring (bicyclic) bond motifs is 1. The van der Waals surface area contributed by atoms with Crippen LogP contribution in [0.15, 0.2) is 0 Å². The second-order valence-electron chi connectivity index (χ2n) is 13.7. The second kappa shape index (κ2) is 16.3. The van der Waals surface area contributed by atoms with Crippen LogP contribution in [0.5, 0.6) is 0 Å². The van der Waals surface area contributed by atoms with Gasteiger partial charge in [0.2, 0.25) is 0 Å². The first-order valence-electron chi connectivity index (χ1n) is 16.6. The number of carbonyl (C=O) groups excluding carboxylic acids is 1. The summed E-state index contributed by atoms with van der Waals surface area (Å²) in [7, 11) is 0. The number of aliphatic hydroxyl groups excluding tert-OH is 10. The standard InChI is InChI=1S/C30H48O19/c31-8-18-22(39)24(41)25(42)29(47-18)49-28-23(40)19(9-44-21(38)7-20(36)37)48-30(26(28)43)46-17-6-12-14(34)4-11(32)5-16(12)45-27(17)10-1-2-13(33)15(35)3-10/h10-19,22-35,39-43H,1-9H2,(H,36,37)/t10?,11?,12?,13?,14?,15?,16?,17?,18-,19-,22-,23-,24+,25-,26-,27?,28+,29+,30-/m1/s1. The van der Waals surface area contributed by atoms with Gasteiger partial charge in [0.15, 0.2) is 12.6 Å². The van der Waals surface area contributed by atoms with Crippen molar-refractivity contribution in [2.24, 2.45) is 11.8 Å². The summed E-state index contributed by atoms with van der Waals surface area (Å²) in [6, 6.07) is 0. The molecule has 5 fully saturated rings. The minimum atomic E-state index is -1.92. The molecular weight excluding hydrogens is 664 g/mol. The lowest BCUT2D eigenvalue weighted by molar-refractivity contribution is -0.370. The zero-order valence-corrected chi connectivity index (χ0v) is 26.5. The first-order chi connectivity index (χ1) is 23.2. The Bertz CT molecular complexity index is 1110. The highest BCUT2D eigenvalue weighted by Crippen LogP contribution is 2.43. The van der Waals surface area contributed by atoms with Crippen LogP contribution in [-0.2, 0) is 38.0 Å². The van der Waals surface area contributed by atoms with E-state index < -0.39 is 142 Å². The van der Waals surface area contributed by atoms with Crippen LogP contribution < -0.4 is 0 Å². The predicted molar refractivity (Wildman–Crippen MR) is 155 cm³/mol. The molecule has 2 aliphatic carbocycles. The smallest absolute Gasteiger partial charge is 0.317 e. The van der Waals surface area contributed by atoms with E-state index in [0.29, 0.717) is 6.42 Å². The van der Waals surface area contributed by atoms with Crippen molar-refractivity contribution >= 4 is 11.9 Å². The number of ether oxygens (including phenoxy) is 6. The summed E-state index contributed by atoms with van der Waals surface area (Å²) in [6.45, 7) is -1.54. The molecule has 19 nitrogen and oxygen atoms in total. The molecule has 19 heteroatoms. The van der Waals surface area contributed by atoms with Crippen LogP contribution in [0.1, 0.15) is 44.9 Å². The Morgan fingerprint density at radius 3 is 2.04 bits per heavy atom. The van der Waals surface area contributed by atoms with E-state index in [1.807, 2.05) is 0 Å². The summed E-state index contributed by atoms with van der Waals surface area (Å²) in [6.07, 6.45) is -23.3. The average Bonchev–Trinajstić information content (AvgIpc) is 3.04. The molecule has 0 radical (unpaired) electrons. The summed E-state index contributed by atoms with van der Waals surface area (Å²) in [5.74, 6) is -3.53. The van der Waals surface area contributed by atoms with Gasteiger partial charge in [0.25, 0.3) is 0 Å². The van der Waals surface area contributed by atoms with E-state index in [4.69, 9.17) is 33.5 Å². The fourth-order valence-electron chi connectivity index (χ4n) is 7.58. The van der Waals surface area contributed by atoms with Crippen LogP contribution in [0, 0.1) is 11.8 Å². The number of aliphatic hydroxyl groups is 10. The van der Waals surface area contributed by atoms with Gasteiger partial charge >= 0.3 is 11.9 Å². The first-order valence-corrected chi connectivity index (χ1v) is 16.6. The maximum absolute atomic E-state index is 12.0. The Kier molecular flexibility index (Phi) is 12.9. The van der Waals surface area contributed by atoms with Crippen LogP contribution >= 0.6 is 0 Å². The molecule has 2 saturated carbocycles. The van der Waals surface area contributed by atoms with Crippen molar-refractivity contribution in [3.8, 4) is 0 Å². The van der Waals surface area contributed by atoms with E-state index in [9.17, 15) is 60.7 Å². The molecule has 282 valence electrons. The molecule has 5 aliphatic rings. The third kappa shape index (κ3) is 8.70. The van der Waals surface area contributed by atoms with Gasteiger partial charge in [-0.15, -0.1) is 0 Å². The van der Waals surface area contributed by atoms with Crippen LogP contribution in [0.2, 0.25) is 0 Å². The first kappa shape index (κ1) is 38.6. The summed E-state index contributed by atoms with van der Waals surface area (Å²) >= 11 is 0. The number of hydrogen-bond acceptors (Lipinski definition) is 18. The highest BCUT2D eigenvalue weighted by atomic mass is 16.7. The van der Waals surface area contributed by atoms with Crippen molar-refractivity contribution in [1.82, 2.24) is 0 Å². The molecule has 0 bridgehead atoms. The fourth-order valence-corrected chi connectivity index (χ4v) is 7.58. The average molecular weight is 713 g/mol. The van der Waals surface area contributed by atoms with E-state index >= 15 is 0 Å². The molecule has 9 unspecified atom stereocenters. The number of carboxylic acids is 1. The molecule has 0 aromatic heterocycles. The Balaban J connectivity index is 1.39. The van der Waals surface area contributed by atoms with Gasteiger partial charge in [0.1, 0.15) is 61.9 Å². The molecular formula is C30H48O19. The van der Waals surface area contributed by atoms with E-state index in [0.717, 1.165) is 0 Å². The maximum Gasteiger partial charge on any atom is 0.317 e. The third-order valence-corrected chi connectivity index (χ3v) is 10.3. The number of carbonyl (C=O) groups is 2. The van der Waals surface area contributed by atoms with Gasteiger partial charge in [-0.2, -0.15) is 0 Å². The summed E-state index contributed by atoms with van der Waals surface area (Å²) in [5, 5.41) is 114. The second-order valence-corrected chi connectivity index (χ2v) is 13.7. The zero-order valence-electron chi connectivity index (χ0n) is 26.5. The number of hydrogen-bond donors (Lipinski definition) is 11. The topological polar surface area (TPSA) is 312 Å². The van der Waals surface area contributed by atoms with Gasteiger partial charge in [0, 0.05) is 5.92 Å². The number of aliphatic carboxylic acids is 1. The van der Waals surface area contributed by atoms with Gasteiger partial charge in [0.05, 0.1) is 49.3 Å². The molecule has 3 saturated heterocycles. The van der Waals surface area contributed by atoms with Crippen molar-refractivity contribution in [2.75, 3.05) is 13.2 Å². The van der Waals surface area contributed by atoms with Gasteiger partial charge < -0.3 is 84.6 Å². The van der Waals surface area contributed by atoms with Crippen LogP contribution in [0.4, 0.5) is 0 Å². The lowest BCUT2D eigenvalue weighted by Gasteiger charge is -2.51. The lowest BCUT2D eigenvalue weighted by atomic mass is 9.72. The van der Waals surface area contributed by atoms with Crippen LogP contribution in [-0.4, -0.2) is 185 Å². The minimum Gasteiger partial charge on any atom is -0.481 e. The van der Waals surface area contributed by atoms with Crippen LogP contribution in [0.3, 0.4) is 0 Å². The molecule has 3 heterocycles. The van der Waals surface area contributed by atoms with Crippen molar-refractivity contribution in [1.29, 1.82) is 0 Å². The Morgan fingerprint density at radius 2 is 1.37 bits per heavy atom. The van der Waals surface area contributed by atoms with Crippen LogP contribution in [0.25, 0.3) is 0 Å². The summed E-state index contributed by atoms with van der Waals surface area (Å²) in [4.78, 5) is 23.0. The largest absolute Gasteiger partial charge is 0.481 e. The molecule has 0 spiro atoms. The minimum absolute atomic E-state index is 0.0871. The fraction of sp³-hybridized carbons (Fsp3) is 0.933. The quantitative estimate of drug-likeness (QED) is 0.0745. The van der Waals surface area contributed by atoms with E-state index in [1.54, 1.807) is 0 Å². The molecule has 3 aliphatic heterocycles. The Labute approximate surface area is 280 Å². The van der Waals surface area contributed by atoms with Gasteiger partial charge in [-0.05, 0) is 44.4 Å².